The first-order valence-electron chi connectivity index (χ1n) is 13.4. The van der Waals surface area contributed by atoms with E-state index in [4.69, 9.17) is 24.3 Å². The van der Waals surface area contributed by atoms with Gasteiger partial charge in [0.05, 0.1) is 36.1 Å². The summed E-state index contributed by atoms with van der Waals surface area (Å²) in [5.41, 5.74) is 9.40. The van der Waals surface area contributed by atoms with E-state index in [1.54, 1.807) is 25.1 Å². The number of nitrogens with zero attached hydrogens (tertiary/aromatic N) is 4. The summed E-state index contributed by atoms with van der Waals surface area (Å²) in [4.78, 5) is -0.637. The van der Waals surface area contributed by atoms with Gasteiger partial charge in [0.1, 0.15) is 27.8 Å². The zero-order valence-electron chi connectivity index (χ0n) is 25.0. The molecule has 0 saturated carbocycles. The lowest BCUT2D eigenvalue weighted by atomic mass is 10.1. The van der Waals surface area contributed by atoms with E-state index in [9.17, 15) is 29.8 Å². The summed E-state index contributed by atoms with van der Waals surface area (Å²) >= 11 is 0. The standard InChI is InChI=1S/C27H33N5O11S3/c1-17-13-23(18(2)12-21(17)28)30-32-25-14-19(3)24(16-26(25)43-9-5-11-45(36,37)38)31-29-22-7-6-20(15-27(22)46(39,40)41)42-8-4-10-44(33,34)35/h6-7,12-16H,4-5,8-11,28H2,1-3H3,(H,33,34,35)(H,36,37,38)(H,39,40,41). The molecular formula is C27H33N5O11S3. The molecule has 0 bridgehead atoms. The van der Waals surface area contributed by atoms with E-state index in [1.165, 1.54) is 18.2 Å². The van der Waals surface area contributed by atoms with Crippen LogP contribution in [0.15, 0.2) is 67.8 Å². The van der Waals surface area contributed by atoms with Crippen LogP contribution < -0.4 is 15.2 Å². The van der Waals surface area contributed by atoms with Crippen LogP contribution in [-0.2, 0) is 30.4 Å². The van der Waals surface area contributed by atoms with Gasteiger partial charge in [0.25, 0.3) is 30.4 Å². The molecule has 0 aliphatic carbocycles. The number of nitrogen functional groups attached to an aromatic ring is 1. The maximum absolute atomic E-state index is 12.1. The Morgan fingerprint density at radius 1 is 0.630 bits per heavy atom. The molecule has 0 unspecified atom stereocenters. The Morgan fingerprint density at radius 3 is 1.72 bits per heavy atom. The van der Waals surface area contributed by atoms with E-state index in [0.717, 1.165) is 17.2 Å². The predicted molar refractivity (Wildman–Crippen MR) is 169 cm³/mol. The van der Waals surface area contributed by atoms with Gasteiger partial charge in [-0.2, -0.15) is 35.5 Å². The van der Waals surface area contributed by atoms with Crippen molar-refractivity contribution in [1.29, 1.82) is 0 Å². The van der Waals surface area contributed by atoms with Gasteiger partial charge >= 0.3 is 0 Å². The number of ether oxygens (including phenoxy) is 2. The molecule has 0 spiro atoms. The molecule has 0 fully saturated rings. The molecule has 19 heteroatoms. The van der Waals surface area contributed by atoms with Crippen LogP contribution in [-0.4, -0.2) is 63.6 Å². The monoisotopic (exact) mass is 699 g/mol. The topological polar surface area (TPSA) is 257 Å². The molecule has 0 amide bonds. The number of hydrogen-bond donors (Lipinski definition) is 4. The quantitative estimate of drug-likeness (QED) is 0.0655. The molecule has 3 rings (SSSR count). The van der Waals surface area contributed by atoms with Crippen molar-refractivity contribution < 1.29 is 48.4 Å². The summed E-state index contributed by atoms with van der Waals surface area (Å²) in [6, 6.07) is 10.1. The van der Waals surface area contributed by atoms with Crippen molar-refractivity contribution in [3.8, 4) is 11.5 Å². The summed E-state index contributed by atoms with van der Waals surface area (Å²) in [6.45, 7) is 5.01. The maximum Gasteiger partial charge on any atom is 0.296 e. The van der Waals surface area contributed by atoms with Crippen LogP contribution in [0.4, 0.5) is 28.4 Å². The number of azo groups is 2. The minimum absolute atomic E-state index is 0.0140. The van der Waals surface area contributed by atoms with Crippen molar-refractivity contribution in [2.45, 2.75) is 38.5 Å². The molecule has 0 radical (unpaired) electrons. The molecular weight excluding hydrogens is 667 g/mol. The third kappa shape index (κ3) is 11.4. The van der Waals surface area contributed by atoms with E-state index >= 15 is 0 Å². The zero-order valence-corrected chi connectivity index (χ0v) is 27.4. The second-order valence-electron chi connectivity index (χ2n) is 10.1. The van der Waals surface area contributed by atoms with Gasteiger partial charge in [0, 0.05) is 17.8 Å². The van der Waals surface area contributed by atoms with Gasteiger partial charge in [0.15, 0.2) is 0 Å². The van der Waals surface area contributed by atoms with Gasteiger partial charge in [-0.05, 0) is 80.6 Å². The van der Waals surface area contributed by atoms with Crippen LogP contribution >= 0.6 is 0 Å². The lowest BCUT2D eigenvalue weighted by Gasteiger charge is -2.11. The molecule has 3 aromatic rings. The number of benzene rings is 3. The first kappa shape index (κ1) is 36.5. The van der Waals surface area contributed by atoms with Crippen molar-refractivity contribution >= 4 is 58.8 Å². The molecule has 0 aromatic heterocycles. The summed E-state index contributed by atoms with van der Waals surface area (Å²) in [5.74, 6) is -0.978. The minimum Gasteiger partial charge on any atom is -0.494 e. The Bertz CT molecular complexity index is 1980. The Kier molecular flexibility index (Phi) is 11.9. The number of anilines is 1. The highest BCUT2D eigenvalue weighted by Crippen LogP contribution is 2.38. The number of hydrogen-bond acceptors (Lipinski definition) is 13. The highest BCUT2D eigenvalue weighted by molar-refractivity contribution is 7.86. The predicted octanol–water partition coefficient (Wildman–Crippen LogP) is 5.58. The fourth-order valence-electron chi connectivity index (χ4n) is 3.84. The van der Waals surface area contributed by atoms with E-state index < -0.39 is 46.8 Å². The molecule has 46 heavy (non-hydrogen) atoms. The van der Waals surface area contributed by atoms with Gasteiger partial charge in [-0.1, -0.05) is 0 Å². The third-order valence-corrected chi connectivity index (χ3v) is 8.71. The van der Waals surface area contributed by atoms with Gasteiger partial charge in [-0.15, -0.1) is 10.2 Å². The third-order valence-electron chi connectivity index (χ3n) is 6.22. The molecule has 0 aliphatic rings. The summed E-state index contributed by atoms with van der Waals surface area (Å²) < 4.78 is 107. The molecule has 0 saturated heterocycles. The van der Waals surface area contributed by atoms with Gasteiger partial charge in [-0.3, -0.25) is 13.7 Å². The molecule has 5 N–H and O–H groups in total. The molecule has 250 valence electrons. The highest BCUT2D eigenvalue weighted by Gasteiger charge is 2.18. The van der Waals surface area contributed by atoms with Crippen molar-refractivity contribution in [2.24, 2.45) is 20.5 Å². The zero-order chi connectivity index (χ0) is 34.3. The fourth-order valence-corrected chi connectivity index (χ4v) is 5.44. The lowest BCUT2D eigenvalue weighted by Crippen LogP contribution is -2.08. The highest BCUT2D eigenvalue weighted by atomic mass is 32.2. The smallest absolute Gasteiger partial charge is 0.296 e. The molecule has 0 atom stereocenters. The first-order valence-corrected chi connectivity index (χ1v) is 18.1. The van der Waals surface area contributed by atoms with Crippen LogP contribution in [0.2, 0.25) is 0 Å². The minimum atomic E-state index is -4.81. The number of rotatable bonds is 15. The normalized spacial score (nSPS) is 12.7. The maximum atomic E-state index is 12.1. The summed E-state index contributed by atoms with van der Waals surface area (Å²) in [7, 11) is -13.2. The van der Waals surface area contributed by atoms with Crippen LogP contribution in [0.1, 0.15) is 29.5 Å². The molecule has 3 aromatic carbocycles. The SMILES string of the molecule is Cc1cc(N=Nc2cc(C)c(N=Nc3ccc(OCCCS(=O)(=O)O)cc3S(=O)(=O)O)cc2OCCCS(=O)(=O)O)c(C)cc1N. The Labute approximate surface area is 266 Å². The lowest BCUT2D eigenvalue weighted by molar-refractivity contribution is 0.315. The number of aryl methyl sites for hydroxylation is 3. The number of nitrogens with two attached hydrogens (primary N) is 1. The second-order valence-corrected chi connectivity index (χ2v) is 14.6. The molecule has 0 aliphatic heterocycles. The fraction of sp³-hybridized carbons (Fsp3) is 0.333. The Morgan fingerprint density at radius 2 is 1.13 bits per heavy atom. The van der Waals surface area contributed by atoms with Crippen LogP contribution in [0.3, 0.4) is 0 Å². The van der Waals surface area contributed by atoms with Crippen molar-refractivity contribution in [1.82, 2.24) is 0 Å². The average molecular weight is 700 g/mol. The Balaban J connectivity index is 1.95. The van der Waals surface area contributed by atoms with E-state index in [-0.39, 0.29) is 54.6 Å². The second kappa shape index (κ2) is 15.1. The molecule has 0 heterocycles. The van der Waals surface area contributed by atoms with E-state index in [1.807, 2.05) is 13.8 Å². The van der Waals surface area contributed by atoms with Crippen molar-refractivity contribution in [3.05, 3.63) is 59.2 Å². The van der Waals surface area contributed by atoms with Crippen LogP contribution in [0.25, 0.3) is 0 Å². The Hall–Kier alpha value is -4.01. The largest absolute Gasteiger partial charge is 0.494 e. The van der Waals surface area contributed by atoms with Gasteiger partial charge < -0.3 is 15.2 Å². The van der Waals surface area contributed by atoms with Crippen molar-refractivity contribution in [2.75, 3.05) is 30.5 Å². The van der Waals surface area contributed by atoms with Crippen molar-refractivity contribution in [3.63, 3.8) is 0 Å². The summed E-state index contributed by atoms with van der Waals surface area (Å²) in [6.07, 6.45) is -0.117. The van der Waals surface area contributed by atoms with Gasteiger partial charge in [0.2, 0.25) is 0 Å². The first-order chi connectivity index (χ1) is 21.3. The van der Waals surface area contributed by atoms with Crippen LogP contribution in [0.5, 0.6) is 11.5 Å². The van der Waals surface area contributed by atoms with Gasteiger partial charge in [-0.25, -0.2) is 0 Å². The molecule has 16 nitrogen and oxygen atoms in total. The average Bonchev–Trinajstić information content (AvgIpc) is 2.93. The summed E-state index contributed by atoms with van der Waals surface area (Å²) in [5, 5.41) is 16.7. The van der Waals surface area contributed by atoms with Crippen LogP contribution in [0, 0.1) is 20.8 Å². The van der Waals surface area contributed by atoms with E-state index in [2.05, 4.69) is 20.5 Å². The van der Waals surface area contributed by atoms with E-state index in [0.29, 0.717) is 16.9 Å².